The van der Waals surface area contributed by atoms with Crippen molar-refractivity contribution in [1.82, 2.24) is 9.97 Å². The summed E-state index contributed by atoms with van der Waals surface area (Å²) >= 11 is 9.03. The van der Waals surface area contributed by atoms with Crippen LogP contribution in [0.5, 0.6) is 0 Å². The van der Waals surface area contributed by atoms with Gasteiger partial charge in [0.2, 0.25) is 0 Å². The smallest absolute Gasteiger partial charge is 0.257 e. The molecular weight excluding hydrogens is 318 g/mol. The minimum atomic E-state index is -0.245. The van der Waals surface area contributed by atoms with Crippen molar-refractivity contribution in [2.75, 3.05) is 5.32 Å². The lowest BCUT2D eigenvalue weighted by Gasteiger charge is -2.07. The highest BCUT2D eigenvalue weighted by Crippen LogP contribution is 2.17. The van der Waals surface area contributed by atoms with E-state index >= 15 is 0 Å². The number of benzene rings is 1. The third-order valence-electron chi connectivity index (χ3n) is 2.29. The number of anilines is 1. The number of amides is 1. The number of nitrogens with one attached hydrogen (secondary N) is 1. The van der Waals surface area contributed by atoms with Crippen molar-refractivity contribution in [3.8, 4) is 0 Å². The molecule has 0 spiro atoms. The van der Waals surface area contributed by atoms with Crippen LogP contribution in [0.25, 0.3) is 0 Å². The van der Waals surface area contributed by atoms with Crippen LogP contribution in [0.15, 0.2) is 35.1 Å². The average Bonchev–Trinajstić information content (AvgIpc) is 2.32. The minimum Gasteiger partial charge on any atom is -0.305 e. The van der Waals surface area contributed by atoms with Crippen molar-refractivity contribution in [1.29, 1.82) is 0 Å². The van der Waals surface area contributed by atoms with Crippen LogP contribution in [-0.4, -0.2) is 15.9 Å². The minimum absolute atomic E-state index is 0.235. The van der Waals surface area contributed by atoms with Crippen LogP contribution >= 0.6 is 27.5 Å². The van der Waals surface area contributed by atoms with Crippen molar-refractivity contribution >= 4 is 39.3 Å². The summed E-state index contributed by atoms with van der Waals surface area (Å²) in [7, 11) is 0. The molecule has 0 unspecified atom stereocenters. The lowest BCUT2D eigenvalue weighted by molar-refractivity contribution is 0.102. The highest BCUT2D eigenvalue weighted by atomic mass is 79.9. The highest BCUT2D eigenvalue weighted by Gasteiger charge is 2.10. The predicted molar refractivity (Wildman–Crippen MR) is 73.9 cm³/mol. The van der Waals surface area contributed by atoms with E-state index in [1.54, 1.807) is 6.07 Å². The summed E-state index contributed by atoms with van der Waals surface area (Å²) < 4.78 is 0.843. The molecule has 0 atom stereocenters. The second-order valence-corrected chi connectivity index (χ2v) is 4.94. The van der Waals surface area contributed by atoms with Crippen LogP contribution in [0.3, 0.4) is 0 Å². The Morgan fingerprint density at radius 2 is 2.17 bits per heavy atom. The molecule has 6 heteroatoms. The summed E-state index contributed by atoms with van der Waals surface area (Å²) in [4.78, 5) is 19.9. The third kappa shape index (κ3) is 3.05. The van der Waals surface area contributed by atoms with E-state index in [4.69, 9.17) is 11.6 Å². The van der Waals surface area contributed by atoms with Gasteiger partial charge in [-0.05, 0) is 24.6 Å². The maximum atomic E-state index is 12.1. The molecule has 1 amide bonds. The molecular formula is C12H9BrClN3O. The number of nitrogens with zero attached hydrogens (tertiary/aromatic N) is 2. The average molecular weight is 327 g/mol. The van der Waals surface area contributed by atoms with E-state index in [2.05, 4.69) is 31.2 Å². The SMILES string of the molecule is Cc1ccc(Br)cc1C(=O)Nc1cncc(Cl)n1. The maximum absolute atomic E-state index is 12.1. The Morgan fingerprint density at radius 3 is 2.89 bits per heavy atom. The summed E-state index contributed by atoms with van der Waals surface area (Å²) in [5.41, 5.74) is 1.46. The van der Waals surface area contributed by atoms with E-state index in [1.807, 2.05) is 19.1 Å². The summed E-state index contributed by atoms with van der Waals surface area (Å²) in [6.45, 7) is 1.87. The van der Waals surface area contributed by atoms with Gasteiger partial charge in [-0.3, -0.25) is 9.78 Å². The van der Waals surface area contributed by atoms with Gasteiger partial charge in [-0.1, -0.05) is 33.6 Å². The molecule has 0 aliphatic carbocycles. The Morgan fingerprint density at radius 1 is 1.39 bits per heavy atom. The monoisotopic (exact) mass is 325 g/mol. The zero-order chi connectivity index (χ0) is 13.1. The number of hydrogen-bond donors (Lipinski definition) is 1. The molecule has 1 heterocycles. The van der Waals surface area contributed by atoms with E-state index in [1.165, 1.54) is 12.4 Å². The number of aryl methyl sites for hydroxylation is 1. The standard InChI is InChI=1S/C12H9BrClN3O/c1-7-2-3-8(13)4-9(7)12(18)17-11-6-15-5-10(14)16-11/h2-6H,1H3,(H,16,17,18). The fourth-order valence-electron chi connectivity index (χ4n) is 1.42. The molecule has 1 N–H and O–H groups in total. The summed E-state index contributed by atoms with van der Waals surface area (Å²) in [5, 5.41) is 2.88. The molecule has 0 radical (unpaired) electrons. The van der Waals surface area contributed by atoms with Crippen LogP contribution in [0.4, 0.5) is 5.82 Å². The molecule has 18 heavy (non-hydrogen) atoms. The fraction of sp³-hybridized carbons (Fsp3) is 0.0833. The normalized spacial score (nSPS) is 10.2. The lowest BCUT2D eigenvalue weighted by Crippen LogP contribution is -2.14. The topological polar surface area (TPSA) is 54.9 Å². The Kier molecular flexibility index (Phi) is 3.93. The molecule has 0 saturated carbocycles. The number of carbonyl (C=O) groups is 1. The number of rotatable bonds is 2. The molecule has 2 rings (SSSR count). The lowest BCUT2D eigenvalue weighted by atomic mass is 10.1. The van der Waals surface area contributed by atoms with Crippen molar-refractivity contribution in [3.63, 3.8) is 0 Å². The van der Waals surface area contributed by atoms with Crippen LogP contribution in [0, 0.1) is 6.92 Å². The Hall–Kier alpha value is -1.46. The van der Waals surface area contributed by atoms with E-state index in [0.29, 0.717) is 11.4 Å². The fourth-order valence-corrected chi connectivity index (χ4v) is 1.93. The van der Waals surface area contributed by atoms with Gasteiger partial charge in [0.25, 0.3) is 5.91 Å². The van der Waals surface area contributed by atoms with Gasteiger partial charge in [0.05, 0.1) is 12.4 Å². The molecule has 1 aromatic heterocycles. The molecule has 0 bridgehead atoms. The number of aromatic nitrogens is 2. The first-order valence-corrected chi connectivity index (χ1v) is 6.28. The zero-order valence-corrected chi connectivity index (χ0v) is 11.8. The van der Waals surface area contributed by atoms with E-state index < -0.39 is 0 Å². The van der Waals surface area contributed by atoms with Crippen molar-refractivity contribution in [3.05, 3.63) is 51.3 Å². The quantitative estimate of drug-likeness (QED) is 0.919. The van der Waals surface area contributed by atoms with E-state index in [-0.39, 0.29) is 11.1 Å². The molecule has 0 aliphatic heterocycles. The van der Waals surface area contributed by atoms with Gasteiger partial charge >= 0.3 is 0 Å². The molecule has 4 nitrogen and oxygen atoms in total. The molecule has 0 saturated heterocycles. The van der Waals surface area contributed by atoms with E-state index in [9.17, 15) is 4.79 Å². The van der Waals surface area contributed by atoms with Gasteiger partial charge in [-0.25, -0.2) is 4.98 Å². The maximum Gasteiger partial charge on any atom is 0.257 e. The van der Waals surface area contributed by atoms with Gasteiger partial charge in [-0.15, -0.1) is 0 Å². The molecule has 0 fully saturated rings. The summed E-state index contributed by atoms with van der Waals surface area (Å²) in [6.07, 6.45) is 2.85. The zero-order valence-electron chi connectivity index (χ0n) is 9.45. The van der Waals surface area contributed by atoms with Crippen molar-refractivity contribution < 1.29 is 4.79 Å². The molecule has 92 valence electrons. The molecule has 1 aromatic carbocycles. The Balaban J connectivity index is 2.24. The molecule has 2 aromatic rings. The summed E-state index contributed by atoms with van der Waals surface area (Å²) in [6, 6.07) is 5.50. The van der Waals surface area contributed by atoms with Crippen molar-refractivity contribution in [2.24, 2.45) is 0 Å². The van der Waals surface area contributed by atoms with Crippen LogP contribution in [-0.2, 0) is 0 Å². The van der Waals surface area contributed by atoms with Crippen LogP contribution < -0.4 is 5.32 Å². The van der Waals surface area contributed by atoms with E-state index in [0.717, 1.165) is 10.0 Å². The number of carbonyl (C=O) groups excluding carboxylic acids is 1. The largest absolute Gasteiger partial charge is 0.305 e. The first kappa shape index (κ1) is 13.0. The molecule has 0 aliphatic rings. The van der Waals surface area contributed by atoms with Gasteiger partial charge in [0, 0.05) is 10.0 Å². The van der Waals surface area contributed by atoms with Crippen LogP contribution in [0.2, 0.25) is 5.15 Å². The van der Waals surface area contributed by atoms with Gasteiger partial charge in [-0.2, -0.15) is 0 Å². The van der Waals surface area contributed by atoms with Crippen molar-refractivity contribution in [2.45, 2.75) is 6.92 Å². The Bertz CT molecular complexity index is 604. The second kappa shape index (κ2) is 5.46. The second-order valence-electron chi connectivity index (χ2n) is 3.64. The van der Waals surface area contributed by atoms with Crippen LogP contribution in [0.1, 0.15) is 15.9 Å². The number of halogens is 2. The Labute approximate surface area is 118 Å². The van der Waals surface area contributed by atoms with Gasteiger partial charge in [0.15, 0.2) is 5.82 Å². The third-order valence-corrected chi connectivity index (χ3v) is 2.97. The van der Waals surface area contributed by atoms with Gasteiger partial charge < -0.3 is 5.32 Å². The number of hydrogen-bond acceptors (Lipinski definition) is 3. The predicted octanol–water partition coefficient (Wildman–Crippen LogP) is 3.45. The first-order valence-electron chi connectivity index (χ1n) is 5.11. The first-order chi connectivity index (χ1) is 8.56. The van der Waals surface area contributed by atoms with Gasteiger partial charge in [0.1, 0.15) is 5.15 Å². The highest BCUT2D eigenvalue weighted by molar-refractivity contribution is 9.10. The summed E-state index contributed by atoms with van der Waals surface area (Å²) in [5.74, 6) is 0.0808.